The molecule has 0 aromatic heterocycles. The lowest BCUT2D eigenvalue weighted by atomic mass is 10.3. The van der Waals surface area contributed by atoms with Crippen molar-refractivity contribution < 1.29 is 18.3 Å². The molecule has 0 saturated carbocycles. The number of para-hydroxylation sites is 1. The predicted molar refractivity (Wildman–Crippen MR) is 45.9 cm³/mol. The first-order valence-electron chi connectivity index (χ1n) is 3.50. The normalized spacial score (nSPS) is 12.1. The van der Waals surface area contributed by atoms with Crippen LogP contribution in [0, 0.1) is 0 Å². The fourth-order valence-corrected chi connectivity index (χ4v) is 0.997. The Hall–Kier alpha value is -1.20. The Morgan fingerprint density at radius 1 is 1.38 bits per heavy atom. The highest BCUT2D eigenvalue weighted by molar-refractivity contribution is 7.79. The largest absolute Gasteiger partial charge is 0.772 e. The molecule has 70 valence electrons. The van der Waals surface area contributed by atoms with Crippen molar-refractivity contribution >= 4 is 17.0 Å². The van der Waals surface area contributed by atoms with Crippen LogP contribution in [-0.2, 0) is 15.9 Å². The van der Waals surface area contributed by atoms with E-state index in [-0.39, 0.29) is 0 Å². The molecule has 1 aromatic rings. The maximum Gasteiger partial charge on any atom is 0.322 e. The van der Waals surface area contributed by atoms with Gasteiger partial charge in [-0.15, -0.1) is 0 Å². The van der Waals surface area contributed by atoms with E-state index < -0.39 is 22.8 Å². The summed E-state index contributed by atoms with van der Waals surface area (Å²) in [5.74, 6) is -1.05. The van der Waals surface area contributed by atoms with Crippen LogP contribution in [-0.4, -0.2) is 20.5 Å². The van der Waals surface area contributed by atoms with Crippen LogP contribution in [0.4, 0.5) is 0 Å². The van der Waals surface area contributed by atoms with E-state index >= 15 is 0 Å². The number of hydrogen-bond donors (Lipinski definition) is 0. The molecular formula is C8H7O4S-. The summed E-state index contributed by atoms with van der Waals surface area (Å²) in [4.78, 5) is 10.8. The Morgan fingerprint density at radius 2 is 2.00 bits per heavy atom. The van der Waals surface area contributed by atoms with Crippen LogP contribution in [0.3, 0.4) is 0 Å². The molecule has 0 bridgehead atoms. The summed E-state index contributed by atoms with van der Waals surface area (Å²) in [5.41, 5.74) is 0. The summed E-state index contributed by atoms with van der Waals surface area (Å²) in [6.45, 7) is 0. The van der Waals surface area contributed by atoms with Crippen molar-refractivity contribution in [3.63, 3.8) is 0 Å². The summed E-state index contributed by atoms with van der Waals surface area (Å²) < 4.78 is 24.9. The van der Waals surface area contributed by atoms with Crippen LogP contribution in [0.2, 0.25) is 0 Å². The van der Waals surface area contributed by atoms with Gasteiger partial charge < -0.3 is 9.29 Å². The third-order valence-electron chi connectivity index (χ3n) is 1.21. The molecule has 0 saturated heterocycles. The van der Waals surface area contributed by atoms with Gasteiger partial charge in [0.1, 0.15) is 11.5 Å². The van der Waals surface area contributed by atoms with E-state index in [9.17, 15) is 13.6 Å². The fourth-order valence-electron chi connectivity index (χ4n) is 0.746. The second-order valence-corrected chi connectivity index (χ2v) is 3.13. The zero-order valence-electron chi connectivity index (χ0n) is 6.64. The Kier molecular flexibility index (Phi) is 3.60. The number of hydrogen-bond acceptors (Lipinski definition) is 4. The summed E-state index contributed by atoms with van der Waals surface area (Å²) in [6, 6.07) is 8.30. The molecule has 0 heterocycles. The van der Waals surface area contributed by atoms with Gasteiger partial charge in [-0.3, -0.25) is 9.00 Å². The second-order valence-electron chi connectivity index (χ2n) is 2.24. The molecule has 1 atom stereocenters. The van der Waals surface area contributed by atoms with E-state index in [1.54, 1.807) is 30.3 Å². The molecule has 0 aliphatic heterocycles. The van der Waals surface area contributed by atoms with Crippen molar-refractivity contribution in [2.75, 3.05) is 5.75 Å². The van der Waals surface area contributed by atoms with Gasteiger partial charge in [0.25, 0.3) is 0 Å². The number of benzene rings is 1. The Morgan fingerprint density at radius 3 is 2.54 bits per heavy atom. The molecule has 0 amide bonds. The van der Waals surface area contributed by atoms with Gasteiger partial charge in [-0.2, -0.15) is 0 Å². The third-order valence-corrected chi connectivity index (χ3v) is 1.68. The first kappa shape index (κ1) is 9.88. The molecular weight excluding hydrogens is 192 g/mol. The summed E-state index contributed by atoms with van der Waals surface area (Å²) in [7, 11) is 0. The van der Waals surface area contributed by atoms with Crippen molar-refractivity contribution in [2.24, 2.45) is 0 Å². The molecule has 0 aliphatic carbocycles. The quantitative estimate of drug-likeness (QED) is 0.403. The summed E-state index contributed by atoms with van der Waals surface area (Å²) in [6.07, 6.45) is 0. The van der Waals surface area contributed by atoms with Crippen molar-refractivity contribution in [3.8, 4) is 5.75 Å². The number of carbonyl (C=O) groups is 1. The minimum absolute atomic E-state index is 0.345. The standard InChI is InChI=1S/C8H8O4S/c9-8(6-13(10)11)12-7-4-2-1-3-5-7/h1-5H,6H2,(H,10,11)/p-1. The van der Waals surface area contributed by atoms with Gasteiger partial charge in [0, 0.05) is 0 Å². The van der Waals surface area contributed by atoms with Crippen LogP contribution in [0.1, 0.15) is 0 Å². The lowest BCUT2D eigenvalue weighted by Crippen LogP contribution is -2.16. The molecule has 0 fully saturated rings. The molecule has 13 heavy (non-hydrogen) atoms. The van der Waals surface area contributed by atoms with Crippen LogP contribution in [0.5, 0.6) is 5.75 Å². The van der Waals surface area contributed by atoms with Crippen LogP contribution >= 0.6 is 0 Å². The minimum atomic E-state index is -2.39. The van der Waals surface area contributed by atoms with Gasteiger partial charge in [0.15, 0.2) is 0 Å². The predicted octanol–water partition coefficient (Wildman–Crippen LogP) is 0.471. The smallest absolute Gasteiger partial charge is 0.322 e. The zero-order chi connectivity index (χ0) is 9.68. The average Bonchev–Trinajstić information content (AvgIpc) is 2.04. The summed E-state index contributed by atoms with van der Waals surface area (Å²) >= 11 is -2.39. The van der Waals surface area contributed by atoms with Gasteiger partial charge in [-0.1, -0.05) is 18.2 Å². The maximum absolute atomic E-state index is 10.8. The molecule has 0 spiro atoms. The molecule has 0 radical (unpaired) electrons. The molecule has 1 rings (SSSR count). The number of ether oxygens (including phenoxy) is 1. The third kappa shape index (κ3) is 3.82. The highest BCUT2D eigenvalue weighted by Crippen LogP contribution is 2.08. The molecule has 0 aliphatic rings. The zero-order valence-corrected chi connectivity index (χ0v) is 7.45. The van der Waals surface area contributed by atoms with Gasteiger partial charge in [0.05, 0.1) is 0 Å². The molecule has 5 heteroatoms. The number of esters is 1. The Labute approximate surface area is 77.8 Å². The van der Waals surface area contributed by atoms with E-state index in [2.05, 4.69) is 0 Å². The van der Waals surface area contributed by atoms with Crippen molar-refractivity contribution in [2.45, 2.75) is 0 Å². The van der Waals surface area contributed by atoms with Crippen molar-refractivity contribution in [1.29, 1.82) is 0 Å². The van der Waals surface area contributed by atoms with E-state index in [0.29, 0.717) is 5.75 Å². The molecule has 1 unspecified atom stereocenters. The van der Waals surface area contributed by atoms with Crippen LogP contribution in [0.15, 0.2) is 30.3 Å². The van der Waals surface area contributed by atoms with Crippen LogP contribution in [0.25, 0.3) is 0 Å². The van der Waals surface area contributed by atoms with Crippen molar-refractivity contribution in [3.05, 3.63) is 30.3 Å². The van der Waals surface area contributed by atoms with Gasteiger partial charge in [0.2, 0.25) is 0 Å². The van der Waals surface area contributed by atoms with E-state index in [0.717, 1.165) is 0 Å². The average molecular weight is 199 g/mol. The minimum Gasteiger partial charge on any atom is -0.772 e. The first-order valence-corrected chi connectivity index (χ1v) is 4.74. The fraction of sp³-hybridized carbons (Fsp3) is 0.125. The van der Waals surface area contributed by atoms with Crippen LogP contribution < -0.4 is 4.74 Å². The van der Waals surface area contributed by atoms with E-state index in [4.69, 9.17) is 4.74 Å². The maximum atomic E-state index is 10.8. The van der Waals surface area contributed by atoms with Gasteiger partial charge in [-0.25, -0.2) is 0 Å². The van der Waals surface area contributed by atoms with Crippen molar-refractivity contribution in [1.82, 2.24) is 0 Å². The molecule has 1 aromatic carbocycles. The number of carbonyl (C=O) groups excluding carboxylic acids is 1. The monoisotopic (exact) mass is 199 g/mol. The highest BCUT2D eigenvalue weighted by Gasteiger charge is 2.03. The molecule has 0 N–H and O–H groups in total. The lowest BCUT2D eigenvalue weighted by Gasteiger charge is -2.05. The SMILES string of the molecule is O=C(CS(=O)[O-])Oc1ccccc1. The number of rotatable bonds is 3. The van der Waals surface area contributed by atoms with Gasteiger partial charge in [-0.05, 0) is 23.2 Å². The van der Waals surface area contributed by atoms with E-state index in [1.807, 2.05) is 0 Å². The highest BCUT2D eigenvalue weighted by atomic mass is 32.2. The Balaban J connectivity index is 2.50. The Bertz CT molecular complexity index is 309. The lowest BCUT2D eigenvalue weighted by molar-refractivity contribution is -0.131. The first-order chi connectivity index (χ1) is 6.18. The summed E-state index contributed by atoms with van der Waals surface area (Å²) in [5, 5.41) is 0. The second kappa shape index (κ2) is 4.74. The molecule has 4 nitrogen and oxygen atoms in total. The van der Waals surface area contributed by atoms with E-state index in [1.165, 1.54) is 0 Å². The van der Waals surface area contributed by atoms with Gasteiger partial charge >= 0.3 is 5.97 Å². The topological polar surface area (TPSA) is 66.4 Å².